The number of allylic oxidation sites excluding steroid dienone is 2. The summed E-state index contributed by atoms with van der Waals surface area (Å²) in [6.45, 7) is 0. The fourth-order valence-electron chi connectivity index (χ4n) is 0.146. The number of rotatable bonds is 2. The highest BCUT2D eigenvalue weighted by Gasteiger charge is 1.80. The second-order valence-corrected chi connectivity index (χ2v) is 1.84. The van der Waals surface area contributed by atoms with E-state index in [1.54, 1.807) is 0 Å². The molecule has 2 N–H and O–H groups in total. The summed E-state index contributed by atoms with van der Waals surface area (Å²) in [5.41, 5.74) is 0. The predicted molar refractivity (Wildman–Crippen MR) is 36.3 cm³/mol. The highest BCUT2D eigenvalue weighted by atomic mass is 35.5. The van der Waals surface area contributed by atoms with E-state index in [0.29, 0.717) is 0 Å². The Bertz CT molecular complexity index is 123. The van der Waals surface area contributed by atoms with Crippen LogP contribution < -0.4 is 0 Å². The van der Waals surface area contributed by atoms with Gasteiger partial charge in [-0.25, -0.2) is 0 Å². The number of halogens is 2. The molecule has 0 aromatic heterocycles. The maximum atomic E-state index is 6.61. The molecule has 4 heteroatoms. The van der Waals surface area contributed by atoms with Crippen LogP contribution in [0.2, 0.25) is 0 Å². The molecule has 0 rings (SSSR count). The van der Waals surface area contributed by atoms with Gasteiger partial charge in [-0.3, -0.25) is 10.8 Å². The Balaban J connectivity index is 3.67. The lowest BCUT2D eigenvalue weighted by atomic mass is 10.5. The van der Waals surface area contributed by atoms with Crippen molar-refractivity contribution in [3.05, 3.63) is 12.2 Å². The van der Waals surface area contributed by atoms with E-state index in [1.165, 1.54) is 12.2 Å². The van der Waals surface area contributed by atoms with Gasteiger partial charge >= 0.3 is 0 Å². The summed E-state index contributed by atoms with van der Waals surface area (Å²) in [4.78, 5) is 0. The Labute approximate surface area is 57.1 Å². The van der Waals surface area contributed by atoms with Crippen molar-refractivity contribution in [1.82, 2.24) is 0 Å². The maximum absolute atomic E-state index is 6.61. The molecule has 0 atom stereocenters. The van der Waals surface area contributed by atoms with Gasteiger partial charge in [0.25, 0.3) is 0 Å². The number of hydrogen-bond donors (Lipinski definition) is 2. The molecule has 0 aliphatic rings. The van der Waals surface area contributed by atoms with Crippen LogP contribution in [0.4, 0.5) is 0 Å². The topological polar surface area (TPSA) is 47.7 Å². The van der Waals surface area contributed by atoms with Crippen LogP contribution in [0.3, 0.4) is 0 Å². The van der Waals surface area contributed by atoms with Gasteiger partial charge in [-0.1, -0.05) is 23.2 Å². The molecule has 0 fully saturated rings. The van der Waals surface area contributed by atoms with Crippen LogP contribution in [0.15, 0.2) is 12.2 Å². The Kier molecular flexibility index (Phi) is 3.48. The summed E-state index contributed by atoms with van der Waals surface area (Å²) < 4.78 is 0. The van der Waals surface area contributed by atoms with Gasteiger partial charge in [0.1, 0.15) is 10.3 Å². The normalized spacial score (nSPS) is 9.75. The lowest BCUT2D eigenvalue weighted by Crippen LogP contribution is -1.77. The standard InChI is InChI=1S/C4H4Cl2N2/c5-3(7)1-2-4(6)8/h1-2,7-8H/b2-1-,7-3?,8-4?. The zero-order valence-electron chi connectivity index (χ0n) is 3.91. The average molecular weight is 151 g/mol. The molecule has 2 nitrogen and oxygen atoms in total. The largest absolute Gasteiger partial charge is 0.289 e. The molecule has 0 spiro atoms. The fourth-order valence-corrected chi connectivity index (χ4v) is 0.272. The molecular formula is C4H4Cl2N2. The molecule has 0 saturated heterocycles. The number of nitrogens with one attached hydrogen (secondary N) is 2. The van der Waals surface area contributed by atoms with Crippen molar-refractivity contribution < 1.29 is 0 Å². The third-order valence-electron chi connectivity index (χ3n) is 0.376. The van der Waals surface area contributed by atoms with E-state index in [-0.39, 0.29) is 10.3 Å². The average Bonchev–Trinajstić information content (AvgIpc) is 1.61. The van der Waals surface area contributed by atoms with E-state index in [4.69, 9.17) is 34.0 Å². The summed E-state index contributed by atoms with van der Waals surface area (Å²) >= 11 is 10.1. The van der Waals surface area contributed by atoms with E-state index in [2.05, 4.69) is 0 Å². The Morgan fingerprint density at radius 3 is 1.38 bits per heavy atom. The van der Waals surface area contributed by atoms with Gasteiger partial charge in [0.2, 0.25) is 0 Å². The second-order valence-electron chi connectivity index (χ2n) is 1.03. The molecule has 0 aliphatic heterocycles. The fraction of sp³-hybridized carbons (Fsp3) is 0. The lowest BCUT2D eigenvalue weighted by Gasteiger charge is -1.77. The first-order valence-electron chi connectivity index (χ1n) is 1.79. The first-order chi connectivity index (χ1) is 3.63. The summed E-state index contributed by atoms with van der Waals surface area (Å²) in [7, 11) is 0. The van der Waals surface area contributed by atoms with Crippen molar-refractivity contribution in [1.29, 1.82) is 10.8 Å². The molecule has 0 aromatic rings. The number of hydrogen-bond acceptors (Lipinski definition) is 2. The van der Waals surface area contributed by atoms with E-state index < -0.39 is 0 Å². The third kappa shape index (κ3) is 5.66. The van der Waals surface area contributed by atoms with Crippen LogP contribution in [-0.4, -0.2) is 10.3 Å². The van der Waals surface area contributed by atoms with Gasteiger partial charge in [0.05, 0.1) is 0 Å². The molecule has 0 aromatic carbocycles. The molecular weight excluding hydrogens is 147 g/mol. The highest BCUT2D eigenvalue weighted by molar-refractivity contribution is 6.70. The van der Waals surface area contributed by atoms with E-state index in [0.717, 1.165) is 0 Å². The molecule has 8 heavy (non-hydrogen) atoms. The zero-order chi connectivity index (χ0) is 6.57. The molecule has 0 bridgehead atoms. The Morgan fingerprint density at radius 2 is 1.25 bits per heavy atom. The van der Waals surface area contributed by atoms with E-state index >= 15 is 0 Å². The maximum Gasteiger partial charge on any atom is 0.120 e. The molecule has 44 valence electrons. The minimum atomic E-state index is -0.129. The van der Waals surface area contributed by atoms with E-state index in [9.17, 15) is 0 Å². The molecule has 0 aliphatic carbocycles. The van der Waals surface area contributed by atoms with Crippen molar-refractivity contribution >= 4 is 33.5 Å². The van der Waals surface area contributed by atoms with Crippen molar-refractivity contribution in [2.75, 3.05) is 0 Å². The summed E-state index contributed by atoms with van der Waals surface area (Å²) in [5, 5.41) is 13.0. The van der Waals surface area contributed by atoms with E-state index in [1.807, 2.05) is 0 Å². The van der Waals surface area contributed by atoms with Gasteiger partial charge in [-0.2, -0.15) is 0 Å². The smallest absolute Gasteiger partial charge is 0.120 e. The minimum Gasteiger partial charge on any atom is -0.289 e. The quantitative estimate of drug-likeness (QED) is 0.567. The minimum absolute atomic E-state index is 0.129. The lowest BCUT2D eigenvalue weighted by molar-refractivity contribution is 1.55. The summed E-state index contributed by atoms with van der Waals surface area (Å²) in [6.07, 6.45) is 2.47. The van der Waals surface area contributed by atoms with Crippen molar-refractivity contribution in [2.24, 2.45) is 0 Å². The van der Waals surface area contributed by atoms with Crippen LogP contribution in [0.5, 0.6) is 0 Å². The first kappa shape index (κ1) is 7.66. The van der Waals surface area contributed by atoms with Gasteiger partial charge in [-0.05, 0) is 12.2 Å². The van der Waals surface area contributed by atoms with Crippen LogP contribution >= 0.6 is 23.2 Å². The third-order valence-corrected chi connectivity index (χ3v) is 0.628. The van der Waals surface area contributed by atoms with Gasteiger partial charge in [0, 0.05) is 0 Å². The van der Waals surface area contributed by atoms with Gasteiger partial charge < -0.3 is 0 Å². The Morgan fingerprint density at radius 1 is 1.00 bits per heavy atom. The SMILES string of the molecule is N=C(Cl)/C=C\C(=N)Cl. The highest BCUT2D eigenvalue weighted by Crippen LogP contribution is 1.86. The zero-order valence-corrected chi connectivity index (χ0v) is 5.42. The molecule has 0 amide bonds. The van der Waals surface area contributed by atoms with Crippen LogP contribution in [0, 0.1) is 10.8 Å². The van der Waals surface area contributed by atoms with Gasteiger partial charge in [0.15, 0.2) is 0 Å². The van der Waals surface area contributed by atoms with Crippen molar-refractivity contribution in [3.8, 4) is 0 Å². The first-order valence-corrected chi connectivity index (χ1v) is 2.54. The van der Waals surface area contributed by atoms with Crippen LogP contribution in [-0.2, 0) is 0 Å². The second kappa shape index (κ2) is 3.64. The van der Waals surface area contributed by atoms with Crippen molar-refractivity contribution in [2.45, 2.75) is 0 Å². The van der Waals surface area contributed by atoms with Crippen molar-refractivity contribution in [3.63, 3.8) is 0 Å². The Hall–Kier alpha value is -0.340. The van der Waals surface area contributed by atoms with Crippen LogP contribution in [0.1, 0.15) is 0 Å². The molecule has 0 heterocycles. The summed E-state index contributed by atoms with van der Waals surface area (Å²) in [6, 6.07) is 0. The van der Waals surface area contributed by atoms with Crippen LogP contribution in [0.25, 0.3) is 0 Å². The predicted octanol–water partition coefficient (Wildman–Crippen LogP) is 1.97. The van der Waals surface area contributed by atoms with Gasteiger partial charge in [-0.15, -0.1) is 0 Å². The molecule has 0 saturated carbocycles. The molecule has 0 unspecified atom stereocenters. The monoisotopic (exact) mass is 150 g/mol. The molecule has 0 radical (unpaired) electrons. The summed E-state index contributed by atoms with van der Waals surface area (Å²) in [5.74, 6) is 0.